The Morgan fingerprint density at radius 3 is 2.66 bits per heavy atom. The Kier molecular flexibility index (Phi) is 7.17. The second-order valence-corrected chi connectivity index (χ2v) is 8.63. The summed E-state index contributed by atoms with van der Waals surface area (Å²) in [5.41, 5.74) is 0.428. The molecule has 0 amide bonds. The molecule has 0 fully saturated rings. The molecular formula is C24H25FN4O5S. The van der Waals surface area contributed by atoms with Crippen LogP contribution in [-0.4, -0.2) is 53.6 Å². The molecule has 0 saturated heterocycles. The standard InChI is InChI=1S/C24H25FN4O5S/c1-3-27(4-2)12-5-6-16-14-17(25)7-8-18(16)29(35(32)33)19-9-10-20-23(22(19)24(30)31)34-15-21-26-11-13-28(20)21/h5-11,13-14,35H,3-4,12,15H2,1-2H3,(H,30,31). The summed E-state index contributed by atoms with van der Waals surface area (Å²) in [4.78, 5) is 18.7. The molecule has 9 nitrogen and oxygen atoms in total. The first-order valence-corrected chi connectivity index (χ1v) is 12.2. The molecular weight excluding hydrogens is 475 g/mol. The van der Waals surface area contributed by atoms with E-state index in [9.17, 15) is 22.7 Å². The number of fused-ring (bicyclic) bond motifs is 3. The van der Waals surface area contributed by atoms with Crippen molar-refractivity contribution in [2.45, 2.75) is 20.5 Å². The van der Waals surface area contributed by atoms with Gasteiger partial charge in [0.15, 0.2) is 11.6 Å². The molecule has 2 heterocycles. The number of aromatic carboxylic acids is 1. The van der Waals surface area contributed by atoms with Gasteiger partial charge in [0, 0.05) is 24.5 Å². The van der Waals surface area contributed by atoms with Crippen LogP contribution in [0.25, 0.3) is 11.8 Å². The molecule has 35 heavy (non-hydrogen) atoms. The smallest absolute Gasteiger partial charge is 0.341 e. The predicted octanol–water partition coefficient (Wildman–Crippen LogP) is 3.62. The number of rotatable bonds is 9. The summed E-state index contributed by atoms with van der Waals surface area (Å²) in [6, 6.07) is 6.64. The molecule has 1 N–H and O–H groups in total. The van der Waals surface area contributed by atoms with Gasteiger partial charge in [-0.3, -0.25) is 4.57 Å². The molecule has 2 aromatic carbocycles. The minimum absolute atomic E-state index is 0.0306. The Bertz CT molecular complexity index is 1360. The van der Waals surface area contributed by atoms with Crippen LogP contribution < -0.4 is 9.04 Å². The van der Waals surface area contributed by atoms with Crippen molar-refractivity contribution < 1.29 is 27.4 Å². The molecule has 1 aliphatic heterocycles. The molecule has 3 aromatic rings. The van der Waals surface area contributed by atoms with Crippen molar-refractivity contribution in [2.75, 3.05) is 23.9 Å². The summed E-state index contributed by atoms with van der Waals surface area (Å²) < 4.78 is 47.4. The van der Waals surface area contributed by atoms with Crippen LogP contribution in [0.1, 0.15) is 35.6 Å². The van der Waals surface area contributed by atoms with Gasteiger partial charge in [-0.1, -0.05) is 26.0 Å². The summed E-state index contributed by atoms with van der Waals surface area (Å²) >= 11 is 0. The molecule has 11 heteroatoms. The van der Waals surface area contributed by atoms with Gasteiger partial charge in [0.05, 0.1) is 17.1 Å². The number of hydrogen-bond acceptors (Lipinski definition) is 6. The number of nitrogens with zero attached hydrogens (tertiary/aromatic N) is 4. The number of imidazole rings is 1. The Hall–Kier alpha value is -3.70. The molecule has 1 aliphatic rings. The summed E-state index contributed by atoms with van der Waals surface area (Å²) in [6.07, 6.45) is 6.69. The van der Waals surface area contributed by atoms with Crippen molar-refractivity contribution in [3.05, 3.63) is 71.6 Å². The molecule has 1 aromatic heterocycles. The molecule has 0 bridgehead atoms. The molecule has 0 unspecified atom stereocenters. The quantitative estimate of drug-likeness (QED) is 0.433. The van der Waals surface area contributed by atoms with Crippen LogP contribution in [0.4, 0.5) is 15.8 Å². The number of thiol groups is 1. The number of anilines is 2. The van der Waals surface area contributed by atoms with Crippen molar-refractivity contribution >= 4 is 34.3 Å². The summed E-state index contributed by atoms with van der Waals surface area (Å²) in [5.74, 6) is -1.28. The third-order valence-corrected chi connectivity index (χ3v) is 6.57. The highest BCUT2D eigenvalue weighted by molar-refractivity contribution is 7.74. The molecule has 4 rings (SSSR count). The van der Waals surface area contributed by atoms with Gasteiger partial charge < -0.3 is 14.7 Å². The second kappa shape index (κ2) is 10.3. The van der Waals surface area contributed by atoms with Crippen LogP contribution in [0.5, 0.6) is 5.75 Å². The van der Waals surface area contributed by atoms with Gasteiger partial charge >= 0.3 is 5.97 Å². The minimum atomic E-state index is -3.34. The molecule has 184 valence electrons. The number of carbonyl (C=O) groups is 1. The SMILES string of the molecule is CCN(CC)CC=Cc1cc(F)ccc1N(c1ccc2c(c1C(=O)O)OCc1nccn1-2)[SH](=O)=O. The normalized spacial score (nSPS) is 12.6. The fourth-order valence-corrected chi connectivity index (χ4v) is 4.75. The first-order valence-electron chi connectivity index (χ1n) is 11.0. The van der Waals surface area contributed by atoms with Crippen molar-refractivity contribution in [2.24, 2.45) is 0 Å². The van der Waals surface area contributed by atoms with Crippen molar-refractivity contribution in [1.82, 2.24) is 14.5 Å². The zero-order valence-electron chi connectivity index (χ0n) is 19.2. The number of aromatic nitrogens is 2. The lowest BCUT2D eigenvalue weighted by Gasteiger charge is -2.26. The van der Waals surface area contributed by atoms with Crippen LogP contribution in [0.2, 0.25) is 0 Å². The van der Waals surface area contributed by atoms with E-state index in [1.165, 1.54) is 18.2 Å². The molecule has 0 aliphatic carbocycles. The zero-order chi connectivity index (χ0) is 25.1. The molecule has 0 atom stereocenters. The highest BCUT2D eigenvalue weighted by atomic mass is 32.2. The predicted molar refractivity (Wildman–Crippen MR) is 131 cm³/mol. The first-order chi connectivity index (χ1) is 16.8. The van der Waals surface area contributed by atoms with Gasteiger partial charge in [-0.15, -0.1) is 0 Å². The van der Waals surface area contributed by atoms with Gasteiger partial charge in [-0.2, -0.15) is 0 Å². The highest BCUT2D eigenvalue weighted by Crippen LogP contribution is 2.41. The van der Waals surface area contributed by atoms with E-state index in [0.29, 0.717) is 23.6 Å². The average Bonchev–Trinajstić information content (AvgIpc) is 3.32. The molecule has 0 spiro atoms. The van der Waals surface area contributed by atoms with Gasteiger partial charge in [0.25, 0.3) is 0 Å². The first kappa shape index (κ1) is 24.4. The van der Waals surface area contributed by atoms with E-state index in [-0.39, 0.29) is 29.3 Å². The van der Waals surface area contributed by atoms with Crippen LogP contribution in [0, 0.1) is 5.82 Å². The second-order valence-electron chi connectivity index (χ2n) is 7.76. The van der Waals surface area contributed by atoms with Gasteiger partial charge in [-0.05, 0) is 43.4 Å². The van der Waals surface area contributed by atoms with E-state index < -0.39 is 22.7 Å². The fourth-order valence-electron chi connectivity index (χ4n) is 4.05. The summed E-state index contributed by atoms with van der Waals surface area (Å²) in [6.45, 7) is 6.31. The fraction of sp³-hybridized carbons (Fsp3) is 0.250. The third kappa shape index (κ3) is 4.77. The van der Waals surface area contributed by atoms with Crippen molar-refractivity contribution in [1.29, 1.82) is 0 Å². The average molecular weight is 501 g/mol. The summed E-state index contributed by atoms with van der Waals surface area (Å²) in [7, 11) is -3.34. The minimum Gasteiger partial charge on any atom is -0.482 e. The number of halogens is 1. The van der Waals surface area contributed by atoms with E-state index >= 15 is 0 Å². The van der Waals surface area contributed by atoms with Crippen LogP contribution in [0.15, 0.2) is 48.8 Å². The number of hydrogen-bond donors (Lipinski definition) is 2. The Morgan fingerprint density at radius 1 is 1.23 bits per heavy atom. The van der Waals surface area contributed by atoms with Crippen LogP contribution in [0.3, 0.4) is 0 Å². The largest absolute Gasteiger partial charge is 0.482 e. The van der Waals surface area contributed by atoms with Crippen LogP contribution in [-0.2, 0) is 17.5 Å². The lowest BCUT2D eigenvalue weighted by atomic mass is 10.1. The number of carboxylic acids is 1. The summed E-state index contributed by atoms with van der Waals surface area (Å²) in [5, 5.41) is 10.1. The lowest BCUT2D eigenvalue weighted by Crippen LogP contribution is -2.23. The Balaban J connectivity index is 1.85. The zero-order valence-corrected chi connectivity index (χ0v) is 20.1. The van der Waals surface area contributed by atoms with E-state index in [2.05, 4.69) is 9.88 Å². The maximum atomic E-state index is 14.1. The molecule has 0 radical (unpaired) electrons. The third-order valence-electron chi connectivity index (χ3n) is 5.82. The van der Waals surface area contributed by atoms with Crippen LogP contribution >= 0.6 is 0 Å². The highest BCUT2D eigenvalue weighted by Gasteiger charge is 2.30. The number of ether oxygens (including phenoxy) is 1. The molecule has 0 saturated carbocycles. The monoisotopic (exact) mass is 500 g/mol. The van der Waals surface area contributed by atoms with Crippen molar-refractivity contribution in [3.8, 4) is 11.4 Å². The van der Waals surface area contributed by atoms with Gasteiger partial charge in [0.2, 0.25) is 10.9 Å². The van der Waals surface area contributed by atoms with E-state index in [1.807, 2.05) is 19.9 Å². The van der Waals surface area contributed by atoms with E-state index in [0.717, 1.165) is 23.5 Å². The van der Waals surface area contributed by atoms with Gasteiger partial charge in [-0.25, -0.2) is 26.9 Å². The maximum Gasteiger partial charge on any atom is 0.341 e. The van der Waals surface area contributed by atoms with Gasteiger partial charge in [0.1, 0.15) is 18.0 Å². The number of benzene rings is 2. The maximum absolute atomic E-state index is 14.1. The lowest BCUT2D eigenvalue weighted by molar-refractivity contribution is 0.0692. The Morgan fingerprint density at radius 2 is 1.97 bits per heavy atom. The Labute approximate surface area is 203 Å². The van der Waals surface area contributed by atoms with E-state index in [4.69, 9.17) is 4.74 Å². The number of likely N-dealkylation sites (N-methyl/N-ethyl adjacent to an activating group) is 1. The number of carboxylic acid groups (broad SMARTS) is 1. The topological polar surface area (TPSA) is 105 Å². The van der Waals surface area contributed by atoms with Crippen molar-refractivity contribution in [3.63, 3.8) is 0 Å². The van der Waals surface area contributed by atoms with E-state index in [1.54, 1.807) is 29.1 Å².